The highest BCUT2D eigenvalue weighted by molar-refractivity contribution is 4.72. The van der Waals surface area contributed by atoms with E-state index in [-0.39, 0.29) is 0 Å². The average molecular weight is 242 g/mol. The number of unbranched alkanes of at least 4 members (excludes halogenated alkanes) is 2. The summed E-state index contributed by atoms with van der Waals surface area (Å²) in [5.41, 5.74) is 0.451. The van der Waals surface area contributed by atoms with Gasteiger partial charge in [0.1, 0.15) is 0 Å². The van der Waals surface area contributed by atoms with Gasteiger partial charge in [-0.25, -0.2) is 0 Å². The van der Waals surface area contributed by atoms with E-state index in [0.717, 1.165) is 32.1 Å². The van der Waals surface area contributed by atoms with Crippen LogP contribution in [0, 0.1) is 11.3 Å². The fraction of sp³-hybridized carbons (Fsp3) is 1.00. The summed E-state index contributed by atoms with van der Waals surface area (Å²) in [4.78, 5) is 0. The smallest absolute Gasteiger partial charge is 0.000264 e. The van der Waals surface area contributed by atoms with Crippen LogP contribution in [0.25, 0.3) is 0 Å². The highest BCUT2D eigenvalue weighted by Gasteiger charge is 2.16. The van der Waals surface area contributed by atoms with E-state index < -0.39 is 0 Å². The summed E-state index contributed by atoms with van der Waals surface area (Å²) in [6, 6.07) is 0. The molecule has 0 saturated carbocycles. The fourth-order valence-electron chi connectivity index (χ4n) is 2.06. The second-order valence-electron chi connectivity index (χ2n) is 6.17. The van der Waals surface area contributed by atoms with Gasteiger partial charge < -0.3 is 10.6 Å². The Kier molecular flexibility index (Phi) is 9.85. The zero-order valence-electron chi connectivity index (χ0n) is 12.7. The molecule has 2 N–H and O–H groups in total. The summed E-state index contributed by atoms with van der Waals surface area (Å²) in [5.74, 6) is 0.724. The number of hydrogen-bond donors (Lipinski definition) is 2. The Morgan fingerprint density at radius 3 is 2.24 bits per heavy atom. The molecule has 2 heteroatoms. The van der Waals surface area contributed by atoms with Gasteiger partial charge in [-0.3, -0.25) is 0 Å². The van der Waals surface area contributed by atoms with E-state index in [1.165, 1.54) is 25.7 Å². The Morgan fingerprint density at radius 1 is 1.00 bits per heavy atom. The van der Waals surface area contributed by atoms with Crippen molar-refractivity contribution in [2.75, 3.05) is 26.2 Å². The van der Waals surface area contributed by atoms with Crippen molar-refractivity contribution < 1.29 is 0 Å². The lowest BCUT2D eigenvalue weighted by Gasteiger charge is -2.26. The SMILES string of the molecule is CCCCCC(C)(C)CNCC(C)CNCC. The molecule has 0 radical (unpaired) electrons. The van der Waals surface area contributed by atoms with Crippen molar-refractivity contribution in [2.45, 2.75) is 60.3 Å². The quantitative estimate of drug-likeness (QED) is 0.542. The predicted octanol–water partition coefficient (Wildman–Crippen LogP) is 3.43. The van der Waals surface area contributed by atoms with E-state index in [9.17, 15) is 0 Å². The first-order valence-corrected chi connectivity index (χ1v) is 7.43. The van der Waals surface area contributed by atoms with Gasteiger partial charge in [-0.15, -0.1) is 0 Å². The fourth-order valence-corrected chi connectivity index (χ4v) is 2.06. The molecule has 1 atom stereocenters. The molecule has 0 aliphatic heterocycles. The summed E-state index contributed by atoms with van der Waals surface area (Å²) in [5, 5.41) is 7.02. The molecular formula is C15H34N2. The average Bonchev–Trinajstić information content (AvgIpc) is 2.26. The van der Waals surface area contributed by atoms with Crippen LogP contribution >= 0.6 is 0 Å². The van der Waals surface area contributed by atoms with Gasteiger partial charge in [-0.1, -0.05) is 53.9 Å². The van der Waals surface area contributed by atoms with Crippen LogP contribution in [0.3, 0.4) is 0 Å². The zero-order valence-corrected chi connectivity index (χ0v) is 12.7. The minimum absolute atomic E-state index is 0.451. The second kappa shape index (κ2) is 9.90. The van der Waals surface area contributed by atoms with E-state index in [1.54, 1.807) is 0 Å². The first-order valence-electron chi connectivity index (χ1n) is 7.43. The molecule has 0 amide bonds. The van der Waals surface area contributed by atoms with Crippen molar-refractivity contribution in [3.05, 3.63) is 0 Å². The van der Waals surface area contributed by atoms with Gasteiger partial charge in [0.05, 0.1) is 0 Å². The minimum Gasteiger partial charge on any atom is -0.317 e. The lowest BCUT2D eigenvalue weighted by Crippen LogP contribution is -2.35. The molecule has 0 fully saturated rings. The highest BCUT2D eigenvalue weighted by Crippen LogP contribution is 2.22. The molecule has 0 aliphatic carbocycles. The van der Waals surface area contributed by atoms with Gasteiger partial charge in [-0.2, -0.15) is 0 Å². The molecule has 0 rings (SSSR count). The first-order chi connectivity index (χ1) is 8.02. The lowest BCUT2D eigenvalue weighted by molar-refractivity contribution is 0.294. The molecule has 0 aromatic rings. The van der Waals surface area contributed by atoms with E-state index in [4.69, 9.17) is 0 Å². The summed E-state index contributed by atoms with van der Waals surface area (Å²) in [7, 11) is 0. The number of nitrogens with one attached hydrogen (secondary N) is 2. The Morgan fingerprint density at radius 2 is 1.65 bits per heavy atom. The standard InChI is InChI=1S/C15H34N2/c1-6-8-9-10-15(4,5)13-17-12-14(3)11-16-7-2/h14,16-17H,6-13H2,1-5H3. The van der Waals surface area contributed by atoms with Gasteiger partial charge in [0.25, 0.3) is 0 Å². The van der Waals surface area contributed by atoms with Crippen molar-refractivity contribution >= 4 is 0 Å². The monoisotopic (exact) mass is 242 g/mol. The maximum atomic E-state index is 3.62. The molecule has 2 nitrogen and oxygen atoms in total. The molecule has 0 bridgehead atoms. The zero-order chi connectivity index (χ0) is 13.1. The molecule has 0 aromatic carbocycles. The molecule has 0 spiro atoms. The van der Waals surface area contributed by atoms with Crippen molar-refractivity contribution in [3.63, 3.8) is 0 Å². The van der Waals surface area contributed by atoms with Crippen molar-refractivity contribution in [3.8, 4) is 0 Å². The molecule has 0 aromatic heterocycles. The van der Waals surface area contributed by atoms with Crippen LogP contribution in [0.5, 0.6) is 0 Å². The Hall–Kier alpha value is -0.0800. The van der Waals surface area contributed by atoms with Crippen LogP contribution < -0.4 is 10.6 Å². The molecule has 0 aliphatic rings. The predicted molar refractivity (Wildman–Crippen MR) is 78.5 cm³/mol. The summed E-state index contributed by atoms with van der Waals surface area (Å²) in [6.07, 6.45) is 5.41. The van der Waals surface area contributed by atoms with E-state index in [1.807, 2.05) is 0 Å². The third-order valence-corrected chi connectivity index (χ3v) is 3.30. The lowest BCUT2D eigenvalue weighted by atomic mass is 9.87. The van der Waals surface area contributed by atoms with Gasteiger partial charge in [-0.05, 0) is 37.4 Å². The van der Waals surface area contributed by atoms with Gasteiger partial charge in [0.15, 0.2) is 0 Å². The molecule has 0 saturated heterocycles. The van der Waals surface area contributed by atoms with Crippen LogP contribution in [0.1, 0.15) is 60.3 Å². The molecule has 104 valence electrons. The van der Waals surface area contributed by atoms with Crippen molar-refractivity contribution in [2.24, 2.45) is 11.3 Å². The third-order valence-electron chi connectivity index (χ3n) is 3.30. The van der Waals surface area contributed by atoms with Crippen LogP contribution in [0.4, 0.5) is 0 Å². The van der Waals surface area contributed by atoms with E-state index in [0.29, 0.717) is 5.41 Å². The summed E-state index contributed by atoms with van der Waals surface area (Å²) >= 11 is 0. The Bertz CT molecular complexity index is 166. The van der Waals surface area contributed by atoms with Crippen molar-refractivity contribution in [1.29, 1.82) is 0 Å². The van der Waals surface area contributed by atoms with Crippen LogP contribution in [0.15, 0.2) is 0 Å². The minimum atomic E-state index is 0.451. The second-order valence-corrected chi connectivity index (χ2v) is 6.17. The number of hydrogen-bond acceptors (Lipinski definition) is 2. The van der Waals surface area contributed by atoms with E-state index >= 15 is 0 Å². The van der Waals surface area contributed by atoms with Crippen LogP contribution in [0.2, 0.25) is 0 Å². The summed E-state index contributed by atoms with van der Waals surface area (Å²) < 4.78 is 0. The normalized spacial score (nSPS) is 13.9. The maximum absolute atomic E-state index is 3.62. The van der Waals surface area contributed by atoms with Crippen LogP contribution in [-0.4, -0.2) is 26.2 Å². The van der Waals surface area contributed by atoms with Gasteiger partial charge in [0.2, 0.25) is 0 Å². The largest absolute Gasteiger partial charge is 0.317 e. The topological polar surface area (TPSA) is 24.1 Å². The Labute approximate surface area is 109 Å². The van der Waals surface area contributed by atoms with Crippen LogP contribution in [-0.2, 0) is 0 Å². The molecule has 1 unspecified atom stereocenters. The first kappa shape index (κ1) is 16.9. The van der Waals surface area contributed by atoms with Crippen molar-refractivity contribution in [1.82, 2.24) is 10.6 Å². The molecule has 0 heterocycles. The van der Waals surface area contributed by atoms with Gasteiger partial charge >= 0.3 is 0 Å². The third kappa shape index (κ3) is 10.8. The molecular weight excluding hydrogens is 208 g/mol. The highest BCUT2D eigenvalue weighted by atomic mass is 14.9. The Balaban J connectivity index is 3.56. The van der Waals surface area contributed by atoms with Gasteiger partial charge in [0, 0.05) is 6.54 Å². The maximum Gasteiger partial charge on any atom is 0.000264 e. The molecule has 17 heavy (non-hydrogen) atoms. The van der Waals surface area contributed by atoms with E-state index in [2.05, 4.69) is 45.3 Å². The number of rotatable bonds is 11. The summed E-state index contributed by atoms with van der Waals surface area (Å²) in [6.45, 7) is 16.0.